The quantitative estimate of drug-likeness (QED) is 0.799. The molecule has 0 radical (unpaired) electrons. The summed E-state index contributed by atoms with van der Waals surface area (Å²) in [5, 5.41) is 3.21. The Kier molecular flexibility index (Phi) is 3.95. The summed E-state index contributed by atoms with van der Waals surface area (Å²) in [7, 11) is 0. The van der Waals surface area contributed by atoms with E-state index in [0.29, 0.717) is 15.6 Å². The molecule has 2 rings (SSSR count). The maximum Gasteiger partial charge on any atom is 0.150 e. The van der Waals surface area contributed by atoms with E-state index in [1.807, 2.05) is 0 Å². The van der Waals surface area contributed by atoms with Crippen molar-refractivity contribution in [1.82, 2.24) is 0 Å². The Hall–Kier alpha value is -0.640. The third-order valence-electron chi connectivity index (χ3n) is 3.56. The van der Waals surface area contributed by atoms with Gasteiger partial charge in [0, 0.05) is 16.6 Å². The lowest BCUT2D eigenvalue weighted by atomic mass is 9.75. The Balaban J connectivity index is 2.14. The van der Waals surface area contributed by atoms with Crippen molar-refractivity contribution in [3.05, 3.63) is 28.2 Å². The van der Waals surface area contributed by atoms with Crippen molar-refractivity contribution in [3.63, 3.8) is 0 Å². The van der Waals surface area contributed by atoms with E-state index < -0.39 is 11.6 Å². The monoisotopic (exact) mass is 317 g/mol. The molecule has 0 amide bonds. The molecule has 0 bridgehead atoms. The van der Waals surface area contributed by atoms with Crippen LogP contribution < -0.4 is 5.32 Å². The van der Waals surface area contributed by atoms with Crippen molar-refractivity contribution < 1.29 is 8.78 Å². The van der Waals surface area contributed by atoms with E-state index in [1.54, 1.807) is 0 Å². The summed E-state index contributed by atoms with van der Waals surface area (Å²) in [6.07, 6.45) is 4.40. The minimum absolute atomic E-state index is 0.255. The Labute approximate surface area is 115 Å². The first-order valence-electron chi connectivity index (χ1n) is 6.28. The molecule has 0 saturated heterocycles. The third-order valence-corrected chi connectivity index (χ3v) is 4.19. The van der Waals surface area contributed by atoms with Crippen molar-refractivity contribution in [1.29, 1.82) is 0 Å². The molecule has 1 aliphatic carbocycles. The van der Waals surface area contributed by atoms with Gasteiger partial charge in [0.15, 0.2) is 0 Å². The lowest BCUT2D eigenvalue weighted by Crippen LogP contribution is -2.32. The van der Waals surface area contributed by atoms with Crippen LogP contribution in [0.5, 0.6) is 0 Å². The first kappa shape index (κ1) is 13.8. The Bertz CT molecular complexity index is 422. The smallest absolute Gasteiger partial charge is 0.150 e. The standard InChI is InChI=1S/C14H18BrF2N/c1-14(2)5-3-4-10(8-14)18-13-11(15)6-9(16)7-12(13)17/h6-7,10,18H,3-5,8H2,1-2H3. The molecule has 1 N–H and O–H groups in total. The summed E-state index contributed by atoms with van der Waals surface area (Å²) in [4.78, 5) is 0. The van der Waals surface area contributed by atoms with E-state index in [2.05, 4.69) is 35.1 Å². The topological polar surface area (TPSA) is 12.0 Å². The molecule has 1 atom stereocenters. The van der Waals surface area contributed by atoms with E-state index in [9.17, 15) is 8.78 Å². The van der Waals surface area contributed by atoms with Crippen LogP contribution in [0.3, 0.4) is 0 Å². The number of benzene rings is 1. The Morgan fingerprint density at radius 3 is 2.67 bits per heavy atom. The summed E-state index contributed by atoms with van der Waals surface area (Å²) < 4.78 is 27.2. The normalized spacial score (nSPS) is 22.8. The zero-order valence-corrected chi connectivity index (χ0v) is 12.3. The zero-order valence-electron chi connectivity index (χ0n) is 10.7. The van der Waals surface area contributed by atoms with Gasteiger partial charge in [-0.3, -0.25) is 0 Å². The van der Waals surface area contributed by atoms with Crippen LogP contribution in [0.1, 0.15) is 39.5 Å². The molecule has 1 saturated carbocycles. The summed E-state index contributed by atoms with van der Waals surface area (Å²) in [5.41, 5.74) is 0.665. The highest BCUT2D eigenvalue weighted by Crippen LogP contribution is 2.37. The maximum absolute atomic E-state index is 13.7. The predicted octanol–water partition coefficient (Wildman–Crippen LogP) is 5.11. The highest BCUT2D eigenvalue weighted by molar-refractivity contribution is 9.10. The summed E-state index contributed by atoms with van der Waals surface area (Å²) in [6.45, 7) is 4.47. The van der Waals surface area contributed by atoms with E-state index in [-0.39, 0.29) is 6.04 Å². The van der Waals surface area contributed by atoms with Crippen molar-refractivity contribution in [3.8, 4) is 0 Å². The average molecular weight is 318 g/mol. The number of rotatable bonds is 2. The van der Waals surface area contributed by atoms with Crippen molar-refractivity contribution in [2.75, 3.05) is 5.32 Å². The lowest BCUT2D eigenvalue weighted by molar-refractivity contribution is 0.229. The van der Waals surface area contributed by atoms with Crippen LogP contribution in [0, 0.1) is 17.0 Å². The van der Waals surface area contributed by atoms with Gasteiger partial charge in [-0.05, 0) is 46.7 Å². The predicted molar refractivity (Wildman–Crippen MR) is 73.7 cm³/mol. The highest BCUT2D eigenvalue weighted by Gasteiger charge is 2.28. The van der Waals surface area contributed by atoms with E-state index in [4.69, 9.17) is 0 Å². The number of anilines is 1. The van der Waals surface area contributed by atoms with Gasteiger partial charge < -0.3 is 5.32 Å². The van der Waals surface area contributed by atoms with E-state index in [1.165, 1.54) is 12.5 Å². The maximum atomic E-state index is 13.7. The van der Waals surface area contributed by atoms with Gasteiger partial charge in [-0.1, -0.05) is 20.3 Å². The van der Waals surface area contributed by atoms with Gasteiger partial charge in [0.05, 0.1) is 5.69 Å². The fourth-order valence-corrected chi connectivity index (χ4v) is 3.23. The fraction of sp³-hybridized carbons (Fsp3) is 0.571. The van der Waals surface area contributed by atoms with Crippen LogP contribution in [0.2, 0.25) is 0 Å². The van der Waals surface area contributed by atoms with Gasteiger partial charge in [0.1, 0.15) is 11.6 Å². The molecule has 100 valence electrons. The second-order valence-corrected chi connectivity index (χ2v) is 6.70. The number of nitrogens with one attached hydrogen (secondary N) is 1. The van der Waals surface area contributed by atoms with Gasteiger partial charge in [-0.15, -0.1) is 0 Å². The van der Waals surface area contributed by atoms with Gasteiger partial charge in [0.2, 0.25) is 0 Å². The van der Waals surface area contributed by atoms with E-state index >= 15 is 0 Å². The molecule has 1 nitrogen and oxygen atoms in total. The molecule has 1 aromatic rings. The molecule has 1 aliphatic rings. The first-order valence-corrected chi connectivity index (χ1v) is 7.08. The molecule has 1 aromatic carbocycles. The molecule has 0 aromatic heterocycles. The van der Waals surface area contributed by atoms with Crippen molar-refractivity contribution in [2.45, 2.75) is 45.6 Å². The number of hydrogen-bond acceptors (Lipinski definition) is 1. The molecule has 0 aliphatic heterocycles. The molecule has 1 fully saturated rings. The minimum Gasteiger partial charge on any atom is -0.379 e. The molecular formula is C14H18BrF2N. The van der Waals surface area contributed by atoms with Crippen LogP contribution in [0.15, 0.2) is 16.6 Å². The SMILES string of the molecule is CC1(C)CCCC(Nc2c(F)cc(F)cc2Br)C1. The largest absolute Gasteiger partial charge is 0.379 e. The lowest BCUT2D eigenvalue weighted by Gasteiger charge is -2.36. The Morgan fingerprint density at radius 1 is 1.33 bits per heavy atom. The Morgan fingerprint density at radius 2 is 2.06 bits per heavy atom. The second-order valence-electron chi connectivity index (χ2n) is 5.85. The van der Waals surface area contributed by atoms with Gasteiger partial charge in [-0.25, -0.2) is 8.78 Å². The van der Waals surface area contributed by atoms with Gasteiger partial charge in [0.25, 0.3) is 0 Å². The molecule has 1 unspecified atom stereocenters. The molecule has 4 heteroatoms. The highest BCUT2D eigenvalue weighted by atomic mass is 79.9. The van der Waals surface area contributed by atoms with Crippen LogP contribution in [-0.4, -0.2) is 6.04 Å². The second kappa shape index (κ2) is 5.16. The molecule has 18 heavy (non-hydrogen) atoms. The van der Waals surface area contributed by atoms with Crippen LogP contribution in [-0.2, 0) is 0 Å². The zero-order chi connectivity index (χ0) is 13.3. The molecule has 0 spiro atoms. The summed E-state index contributed by atoms with van der Waals surface area (Å²) in [5.74, 6) is -1.10. The van der Waals surface area contributed by atoms with Gasteiger partial charge >= 0.3 is 0 Å². The molecular weight excluding hydrogens is 300 g/mol. The fourth-order valence-electron chi connectivity index (χ4n) is 2.71. The van der Waals surface area contributed by atoms with Gasteiger partial charge in [-0.2, -0.15) is 0 Å². The van der Waals surface area contributed by atoms with Crippen LogP contribution >= 0.6 is 15.9 Å². The number of halogens is 3. The van der Waals surface area contributed by atoms with E-state index in [0.717, 1.165) is 25.3 Å². The number of hydrogen-bond donors (Lipinski definition) is 1. The van der Waals surface area contributed by atoms with Crippen molar-refractivity contribution >= 4 is 21.6 Å². The van der Waals surface area contributed by atoms with Crippen molar-refractivity contribution in [2.24, 2.45) is 5.41 Å². The first-order chi connectivity index (χ1) is 8.37. The minimum atomic E-state index is -0.561. The molecule has 0 heterocycles. The van der Waals surface area contributed by atoms with Crippen LogP contribution in [0.25, 0.3) is 0 Å². The average Bonchev–Trinajstić information content (AvgIpc) is 2.22. The third kappa shape index (κ3) is 3.22. The summed E-state index contributed by atoms with van der Waals surface area (Å²) >= 11 is 3.21. The van der Waals surface area contributed by atoms with Crippen LogP contribution in [0.4, 0.5) is 14.5 Å². The summed E-state index contributed by atoms with van der Waals surface area (Å²) in [6, 6.07) is 2.46.